The highest BCUT2D eigenvalue weighted by Crippen LogP contribution is 2.25. The largest absolute Gasteiger partial charge is 0.483 e. The maximum atomic E-state index is 13.0. The highest BCUT2D eigenvalue weighted by atomic mass is 32.2. The second-order valence-corrected chi connectivity index (χ2v) is 9.22. The van der Waals surface area contributed by atoms with Gasteiger partial charge in [0.15, 0.2) is 17.5 Å². The van der Waals surface area contributed by atoms with Gasteiger partial charge in [0, 0.05) is 5.39 Å². The number of Topliss-reactive ketones (excluding diaryl/α,β-unsaturated/α-hetero) is 1. The number of thioether (sulfide) groups is 1. The molecule has 0 bridgehead atoms. The molecular formula is C24H27N5O6S. The molecule has 2 atom stereocenters. The van der Waals surface area contributed by atoms with Gasteiger partial charge in [0.1, 0.15) is 18.1 Å². The number of H-pyrrole nitrogens is 1. The van der Waals surface area contributed by atoms with E-state index >= 15 is 0 Å². The summed E-state index contributed by atoms with van der Waals surface area (Å²) in [6.07, 6.45) is 0.688. The molecule has 0 aliphatic rings. The molecule has 0 saturated carbocycles. The van der Waals surface area contributed by atoms with Crippen molar-refractivity contribution in [3.8, 4) is 5.75 Å². The lowest BCUT2D eigenvalue weighted by Gasteiger charge is -2.24. The molecule has 190 valence electrons. The van der Waals surface area contributed by atoms with Gasteiger partial charge in [-0.05, 0) is 17.4 Å². The van der Waals surface area contributed by atoms with Crippen molar-refractivity contribution in [1.82, 2.24) is 25.8 Å². The molecule has 0 aliphatic heterocycles. The summed E-state index contributed by atoms with van der Waals surface area (Å²) in [4.78, 5) is 53.4. The van der Waals surface area contributed by atoms with E-state index in [2.05, 4.69) is 25.8 Å². The number of nitrogens with one attached hydrogen (secondary N) is 3. The van der Waals surface area contributed by atoms with Gasteiger partial charge in [0.25, 0.3) is 5.91 Å². The van der Waals surface area contributed by atoms with Crippen molar-refractivity contribution in [1.29, 1.82) is 0 Å². The molecule has 3 aromatic rings. The smallest absolute Gasteiger partial charge is 0.305 e. The fourth-order valence-corrected chi connectivity index (χ4v) is 4.12. The average molecular weight is 514 g/mol. The van der Waals surface area contributed by atoms with E-state index in [1.54, 1.807) is 19.9 Å². The molecule has 4 N–H and O–H groups in total. The van der Waals surface area contributed by atoms with E-state index in [1.165, 1.54) is 6.33 Å². The number of ether oxygens (including phenoxy) is 1. The molecule has 3 rings (SSSR count). The summed E-state index contributed by atoms with van der Waals surface area (Å²) in [7, 11) is 0. The fourth-order valence-electron chi connectivity index (χ4n) is 3.40. The summed E-state index contributed by atoms with van der Waals surface area (Å²) in [5.74, 6) is -2.86. The molecule has 36 heavy (non-hydrogen) atoms. The minimum atomic E-state index is -1.27. The van der Waals surface area contributed by atoms with Crippen molar-refractivity contribution in [2.75, 3.05) is 12.4 Å². The van der Waals surface area contributed by atoms with Gasteiger partial charge >= 0.3 is 5.97 Å². The SMILES string of the molecule is CC(C)[C@H](NC(=O)COc1cccc2ccccc12)C(=O)N[C@@H](CC(=O)O)C(=O)CSc1ncn[nH]1. The van der Waals surface area contributed by atoms with E-state index in [0.717, 1.165) is 22.5 Å². The maximum absolute atomic E-state index is 13.0. The Kier molecular flexibility index (Phi) is 9.39. The van der Waals surface area contributed by atoms with Crippen LogP contribution in [0.15, 0.2) is 53.9 Å². The molecule has 0 radical (unpaired) electrons. The molecule has 2 aromatic carbocycles. The van der Waals surface area contributed by atoms with E-state index in [4.69, 9.17) is 4.74 Å². The monoisotopic (exact) mass is 513 g/mol. The third-order valence-electron chi connectivity index (χ3n) is 5.20. The molecule has 0 saturated heterocycles. The summed E-state index contributed by atoms with van der Waals surface area (Å²) in [6, 6.07) is 10.8. The number of hydrogen-bond donors (Lipinski definition) is 4. The zero-order chi connectivity index (χ0) is 26.1. The van der Waals surface area contributed by atoms with Crippen molar-refractivity contribution < 1.29 is 29.0 Å². The van der Waals surface area contributed by atoms with E-state index in [9.17, 15) is 24.3 Å². The normalized spacial score (nSPS) is 12.6. The molecule has 0 fully saturated rings. The highest BCUT2D eigenvalue weighted by molar-refractivity contribution is 7.99. The fraction of sp³-hybridized carbons (Fsp3) is 0.333. The number of ketones is 1. The van der Waals surface area contributed by atoms with Crippen LogP contribution >= 0.6 is 11.8 Å². The number of benzene rings is 2. The van der Waals surface area contributed by atoms with Crippen molar-refractivity contribution >= 4 is 46.1 Å². The van der Waals surface area contributed by atoms with Crippen LogP contribution in [0, 0.1) is 5.92 Å². The molecule has 2 amide bonds. The number of nitrogens with zero attached hydrogens (tertiary/aromatic N) is 2. The number of carbonyl (C=O) groups excluding carboxylic acids is 3. The number of carbonyl (C=O) groups is 4. The summed E-state index contributed by atoms with van der Waals surface area (Å²) in [6.45, 7) is 3.13. The van der Waals surface area contributed by atoms with E-state index < -0.39 is 42.1 Å². The highest BCUT2D eigenvalue weighted by Gasteiger charge is 2.30. The summed E-state index contributed by atoms with van der Waals surface area (Å²) >= 11 is 1.04. The van der Waals surface area contributed by atoms with Crippen LogP contribution in [0.4, 0.5) is 0 Å². The summed E-state index contributed by atoms with van der Waals surface area (Å²) in [5.41, 5.74) is 0. The number of aliphatic carboxylic acids is 1. The molecular weight excluding hydrogens is 486 g/mol. The van der Waals surface area contributed by atoms with E-state index in [-0.39, 0.29) is 18.3 Å². The van der Waals surface area contributed by atoms with Crippen LogP contribution in [0.5, 0.6) is 5.75 Å². The molecule has 1 heterocycles. The number of carboxylic acid groups (broad SMARTS) is 1. The Balaban J connectivity index is 1.60. The van der Waals surface area contributed by atoms with Crippen LogP contribution < -0.4 is 15.4 Å². The topological polar surface area (TPSA) is 163 Å². The number of fused-ring (bicyclic) bond motifs is 1. The Bertz CT molecular complexity index is 1210. The number of carboxylic acids is 1. The van der Waals surface area contributed by atoms with Crippen molar-refractivity contribution in [3.05, 3.63) is 48.8 Å². The summed E-state index contributed by atoms with van der Waals surface area (Å²) < 4.78 is 5.69. The lowest BCUT2D eigenvalue weighted by molar-refractivity contribution is -0.140. The third kappa shape index (κ3) is 7.54. The van der Waals surface area contributed by atoms with Gasteiger partial charge in [-0.1, -0.05) is 62.0 Å². The van der Waals surface area contributed by atoms with Gasteiger partial charge in [-0.3, -0.25) is 24.3 Å². The Morgan fingerprint density at radius 1 is 1.08 bits per heavy atom. The van der Waals surface area contributed by atoms with Crippen LogP contribution in [-0.4, -0.2) is 68.3 Å². The lowest BCUT2D eigenvalue weighted by Crippen LogP contribution is -2.55. The van der Waals surface area contributed by atoms with Gasteiger partial charge < -0.3 is 20.5 Å². The van der Waals surface area contributed by atoms with E-state index in [1.807, 2.05) is 36.4 Å². The molecule has 0 spiro atoms. The molecule has 1 aromatic heterocycles. The van der Waals surface area contributed by atoms with Crippen LogP contribution in [0.2, 0.25) is 0 Å². The Morgan fingerprint density at radius 3 is 2.53 bits per heavy atom. The third-order valence-corrected chi connectivity index (χ3v) is 6.10. The quantitative estimate of drug-likeness (QED) is 0.250. The second kappa shape index (κ2) is 12.7. The first kappa shape index (κ1) is 26.7. The zero-order valence-corrected chi connectivity index (χ0v) is 20.6. The Morgan fingerprint density at radius 2 is 1.83 bits per heavy atom. The van der Waals surface area contributed by atoms with Crippen molar-refractivity contribution in [3.63, 3.8) is 0 Å². The standard InChI is InChI=1S/C24H27N5O6S/c1-14(2)22(28-20(31)11-35-19-9-5-7-15-6-3-4-8-16(15)19)23(34)27-17(10-21(32)33)18(30)12-36-24-25-13-26-29-24/h3-9,13-14,17,22H,10-12H2,1-2H3,(H,27,34)(H,28,31)(H,32,33)(H,25,26,29)/t17-,22-/m0/s1. The van der Waals surface area contributed by atoms with Crippen molar-refractivity contribution in [2.45, 2.75) is 37.5 Å². The van der Waals surface area contributed by atoms with Crippen LogP contribution in [0.3, 0.4) is 0 Å². The Labute approximate surface area is 211 Å². The van der Waals surface area contributed by atoms with Crippen molar-refractivity contribution in [2.24, 2.45) is 5.92 Å². The van der Waals surface area contributed by atoms with Crippen LogP contribution in [-0.2, 0) is 19.2 Å². The summed E-state index contributed by atoms with van der Waals surface area (Å²) in [5, 5.41) is 22.8. The average Bonchev–Trinajstić information content (AvgIpc) is 3.37. The molecule has 11 nitrogen and oxygen atoms in total. The minimum absolute atomic E-state index is 0.120. The number of aromatic nitrogens is 3. The number of amides is 2. The second-order valence-electron chi connectivity index (χ2n) is 8.26. The van der Waals surface area contributed by atoms with E-state index in [0.29, 0.717) is 10.9 Å². The van der Waals surface area contributed by atoms with Gasteiger partial charge in [-0.25, -0.2) is 4.98 Å². The number of aromatic amines is 1. The van der Waals surface area contributed by atoms with Gasteiger partial charge in [-0.15, -0.1) is 0 Å². The minimum Gasteiger partial charge on any atom is -0.483 e. The first-order chi connectivity index (χ1) is 17.2. The predicted molar refractivity (Wildman–Crippen MR) is 133 cm³/mol. The maximum Gasteiger partial charge on any atom is 0.305 e. The number of hydrogen-bond acceptors (Lipinski definition) is 8. The molecule has 0 aliphatic carbocycles. The number of rotatable bonds is 13. The predicted octanol–water partition coefficient (Wildman–Crippen LogP) is 1.80. The van der Waals surface area contributed by atoms with Gasteiger partial charge in [-0.2, -0.15) is 5.10 Å². The molecule has 0 unspecified atom stereocenters. The lowest BCUT2D eigenvalue weighted by atomic mass is 10.0. The van der Waals surface area contributed by atoms with Gasteiger partial charge in [0.05, 0.1) is 18.2 Å². The van der Waals surface area contributed by atoms with Crippen LogP contribution in [0.1, 0.15) is 20.3 Å². The molecule has 12 heteroatoms. The first-order valence-corrected chi connectivity index (χ1v) is 12.2. The van der Waals surface area contributed by atoms with Gasteiger partial charge in [0.2, 0.25) is 5.91 Å². The Hall–Kier alpha value is -3.93. The first-order valence-electron chi connectivity index (χ1n) is 11.2. The zero-order valence-electron chi connectivity index (χ0n) is 19.8. The van der Waals surface area contributed by atoms with Crippen LogP contribution in [0.25, 0.3) is 10.8 Å².